The zero-order valence-electron chi connectivity index (χ0n) is 16.5. The molecule has 0 aliphatic rings. The van der Waals surface area contributed by atoms with E-state index < -0.39 is 0 Å². The van der Waals surface area contributed by atoms with Crippen LogP contribution in [-0.4, -0.2) is 20.9 Å². The molecule has 0 fully saturated rings. The number of nitrogens with zero attached hydrogens (tertiary/aromatic N) is 3. The number of nitrogens with one attached hydrogen (secondary N) is 3. The van der Waals surface area contributed by atoms with Crippen LogP contribution in [0.5, 0.6) is 0 Å². The van der Waals surface area contributed by atoms with E-state index in [0.29, 0.717) is 22.3 Å². The van der Waals surface area contributed by atoms with Gasteiger partial charge in [0, 0.05) is 23.6 Å². The molecular weight excluding hydrogens is 396 g/mol. The predicted octanol–water partition coefficient (Wildman–Crippen LogP) is 5.29. The van der Waals surface area contributed by atoms with Gasteiger partial charge in [-0.2, -0.15) is 0 Å². The van der Waals surface area contributed by atoms with Crippen molar-refractivity contribution in [3.63, 3.8) is 0 Å². The van der Waals surface area contributed by atoms with Crippen molar-refractivity contribution in [2.75, 3.05) is 16.0 Å². The van der Waals surface area contributed by atoms with E-state index in [4.69, 9.17) is 0 Å². The highest BCUT2D eigenvalue weighted by Gasteiger charge is 2.07. The third kappa shape index (κ3) is 4.98. The van der Waals surface area contributed by atoms with E-state index in [0.717, 1.165) is 22.8 Å². The van der Waals surface area contributed by atoms with Crippen LogP contribution in [0.25, 0.3) is 0 Å². The van der Waals surface area contributed by atoms with Crippen LogP contribution >= 0.6 is 11.3 Å². The fourth-order valence-corrected chi connectivity index (χ4v) is 3.44. The summed E-state index contributed by atoms with van der Waals surface area (Å²) in [5, 5.41) is 11.2. The van der Waals surface area contributed by atoms with Crippen LogP contribution in [0.15, 0.2) is 66.2 Å². The summed E-state index contributed by atoms with van der Waals surface area (Å²) in [6, 6.07) is 16.8. The van der Waals surface area contributed by atoms with Crippen molar-refractivity contribution in [2.45, 2.75) is 13.8 Å². The van der Waals surface area contributed by atoms with Crippen molar-refractivity contribution in [1.82, 2.24) is 15.0 Å². The van der Waals surface area contributed by atoms with Crippen LogP contribution in [0.3, 0.4) is 0 Å². The molecule has 0 aliphatic carbocycles. The first kappa shape index (κ1) is 19.5. The summed E-state index contributed by atoms with van der Waals surface area (Å²) in [6.45, 7) is 3.85. The predicted molar refractivity (Wildman–Crippen MR) is 121 cm³/mol. The zero-order chi connectivity index (χ0) is 20.9. The second kappa shape index (κ2) is 8.71. The minimum atomic E-state index is -0.113. The Balaban J connectivity index is 1.44. The fourth-order valence-electron chi connectivity index (χ4n) is 2.82. The zero-order valence-corrected chi connectivity index (χ0v) is 17.3. The molecule has 0 unspecified atom stereocenters. The average Bonchev–Trinajstić information content (AvgIpc) is 3.24. The van der Waals surface area contributed by atoms with Gasteiger partial charge in [-0.15, -0.1) is 11.3 Å². The van der Waals surface area contributed by atoms with Gasteiger partial charge in [-0.25, -0.2) is 15.0 Å². The Morgan fingerprint density at radius 1 is 0.867 bits per heavy atom. The summed E-state index contributed by atoms with van der Waals surface area (Å²) in [5.74, 6) is 2.56. The minimum absolute atomic E-state index is 0.113. The van der Waals surface area contributed by atoms with E-state index >= 15 is 0 Å². The van der Waals surface area contributed by atoms with Crippen molar-refractivity contribution >= 4 is 46.1 Å². The van der Waals surface area contributed by atoms with E-state index in [1.807, 2.05) is 67.8 Å². The molecule has 3 aromatic heterocycles. The van der Waals surface area contributed by atoms with Gasteiger partial charge in [0.05, 0.1) is 4.88 Å². The van der Waals surface area contributed by atoms with Crippen LogP contribution in [-0.2, 0) is 0 Å². The topological polar surface area (TPSA) is 91.8 Å². The van der Waals surface area contributed by atoms with E-state index in [2.05, 4.69) is 30.9 Å². The molecule has 30 heavy (non-hydrogen) atoms. The van der Waals surface area contributed by atoms with Crippen molar-refractivity contribution in [2.24, 2.45) is 0 Å². The summed E-state index contributed by atoms with van der Waals surface area (Å²) < 4.78 is 0. The van der Waals surface area contributed by atoms with E-state index in [1.54, 1.807) is 12.3 Å². The number of aromatic nitrogens is 3. The van der Waals surface area contributed by atoms with E-state index in [1.165, 1.54) is 11.3 Å². The van der Waals surface area contributed by atoms with Gasteiger partial charge in [0.25, 0.3) is 5.91 Å². The molecule has 3 heterocycles. The van der Waals surface area contributed by atoms with Gasteiger partial charge in [-0.1, -0.05) is 6.07 Å². The summed E-state index contributed by atoms with van der Waals surface area (Å²) in [6.07, 6.45) is 1.75. The Morgan fingerprint density at radius 3 is 2.30 bits per heavy atom. The number of rotatable bonds is 6. The summed E-state index contributed by atoms with van der Waals surface area (Å²) in [5.41, 5.74) is 2.69. The molecule has 150 valence electrons. The summed E-state index contributed by atoms with van der Waals surface area (Å²) >= 11 is 1.41. The second-order valence-electron chi connectivity index (χ2n) is 6.66. The number of amides is 1. The molecule has 0 spiro atoms. The third-order valence-corrected chi connectivity index (χ3v) is 5.04. The Hall–Kier alpha value is -3.78. The van der Waals surface area contributed by atoms with Gasteiger partial charge < -0.3 is 16.0 Å². The number of carbonyl (C=O) groups excluding carboxylic acids is 1. The Labute approximate surface area is 178 Å². The monoisotopic (exact) mass is 416 g/mol. The average molecular weight is 417 g/mol. The quantitative estimate of drug-likeness (QED) is 0.396. The number of hydrogen-bond donors (Lipinski definition) is 3. The van der Waals surface area contributed by atoms with Crippen LogP contribution in [0.4, 0.5) is 28.8 Å². The van der Waals surface area contributed by atoms with E-state index in [9.17, 15) is 4.79 Å². The first-order valence-electron chi connectivity index (χ1n) is 9.32. The molecule has 0 atom stereocenters. The highest BCUT2D eigenvalue weighted by atomic mass is 32.1. The Morgan fingerprint density at radius 2 is 1.60 bits per heavy atom. The molecule has 1 amide bonds. The van der Waals surface area contributed by atoms with Gasteiger partial charge in [-0.05, 0) is 67.3 Å². The van der Waals surface area contributed by atoms with Crippen LogP contribution in [0.2, 0.25) is 0 Å². The lowest BCUT2D eigenvalue weighted by Crippen LogP contribution is -2.09. The number of pyridine rings is 1. The number of benzene rings is 1. The molecule has 3 N–H and O–H groups in total. The van der Waals surface area contributed by atoms with Gasteiger partial charge in [0.1, 0.15) is 23.3 Å². The molecule has 0 radical (unpaired) electrons. The standard InChI is InChI=1S/C22H20N6OS/c1-14-9-10-23-19(12-14)28-21-13-20(24-15(2)25-21)26-16-5-7-17(8-6-16)27-22(29)18-4-3-11-30-18/h3-13H,1-2H3,(H,27,29)(H2,23,24,25,26,28). The van der Waals surface area contributed by atoms with Crippen LogP contribution < -0.4 is 16.0 Å². The lowest BCUT2D eigenvalue weighted by molar-refractivity contribution is 0.103. The van der Waals surface area contributed by atoms with Gasteiger partial charge in [0.2, 0.25) is 0 Å². The Bertz CT molecular complexity index is 1160. The van der Waals surface area contributed by atoms with Gasteiger partial charge in [0.15, 0.2) is 0 Å². The molecule has 7 nitrogen and oxygen atoms in total. The van der Waals surface area contributed by atoms with E-state index in [-0.39, 0.29) is 5.91 Å². The normalized spacial score (nSPS) is 10.5. The SMILES string of the molecule is Cc1ccnc(Nc2cc(Nc3ccc(NC(=O)c4cccs4)cc3)nc(C)n2)c1. The highest BCUT2D eigenvalue weighted by molar-refractivity contribution is 7.12. The lowest BCUT2D eigenvalue weighted by atomic mass is 10.2. The molecule has 8 heteroatoms. The summed E-state index contributed by atoms with van der Waals surface area (Å²) in [7, 11) is 0. The molecule has 4 rings (SSSR count). The maximum Gasteiger partial charge on any atom is 0.265 e. The molecule has 0 aliphatic heterocycles. The first-order chi connectivity index (χ1) is 14.5. The smallest absolute Gasteiger partial charge is 0.265 e. The second-order valence-corrected chi connectivity index (χ2v) is 7.61. The molecule has 0 saturated heterocycles. The maximum atomic E-state index is 12.2. The number of hydrogen-bond acceptors (Lipinski definition) is 7. The molecular formula is C22H20N6OS. The largest absolute Gasteiger partial charge is 0.340 e. The number of carbonyl (C=O) groups is 1. The molecule has 0 saturated carbocycles. The minimum Gasteiger partial charge on any atom is -0.340 e. The van der Waals surface area contributed by atoms with Crippen molar-refractivity contribution < 1.29 is 4.79 Å². The van der Waals surface area contributed by atoms with Gasteiger partial charge >= 0.3 is 0 Å². The first-order valence-corrected chi connectivity index (χ1v) is 10.2. The number of thiophene rings is 1. The maximum absolute atomic E-state index is 12.2. The Kier molecular flexibility index (Phi) is 5.67. The van der Waals surface area contributed by atoms with Crippen molar-refractivity contribution in [3.8, 4) is 0 Å². The number of aryl methyl sites for hydroxylation is 2. The lowest BCUT2D eigenvalue weighted by Gasteiger charge is -2.11. The summed E-state index contributed by atoms with van der Waals surface area (Å²) in [4.78, 5) is 26.0. The highest BCUT2D eigenvalue weighted by Crippen LogP contribution is 2.22. The van der Waals surface area contributed by atoms with Gasteiger partial charge in [-0.3, -0.25) is 4.79 Å². The number of anilines is 5. The van der Waals surface area contributed by atoms with Crippen molar-refractivity contribution in [3.05, 3.63) is 82.4 Å². The van der Waals surface area contributed by atoms with Crippen LogP contribution in [0.1, 0.15) is 21.1 Å². The fraction of sp³-hybridized carbons (Fsp3) is 0.0909. The third-order valence-electron chi connectivity index (χ3n) is 4.17. The molecule has 0 bridgehead atoms. The molecule has 4 aromatic rings. The van der Waals surface area contributed by atoms with Crippen LogP contribution in [0, 0.1) is 13.8 Å². The molecule has 1 aromatic carbocycles. The van der Waals surface area contributed by atoms with Crippen molar-refractivity contribution in [1.29, 1.82) is 0 Å².